The maximum absolute atomic E-state index is 11.4. The van der Waals surface area contributed by atoms with Crippen molar-refractivity contribution in [1.29, 1.82) is 0 Å². The third kappa shape index (κ3) is 4.76. The Kier molecular flexibility index (Phi) is 5.88. The van der Waals surface area contributed by atoms with Crippen molar-refractivity contribution in [3.05, 3.63) is 46.7 Å². The molecule has 27 heavy (non-hydrogen) atoms. The minimum absolute atomic E-state index is 0.00356. The van der Waals surface area contributed by atoms with Gasteiger partial charge in [-0.05, 0) is 37.0 Å². The molecule has 0 unspecified atom stereocenters. The smallest absolute Gasteiger partial charge is 0.315 e. The first kappa shape index (κ1) is 18.6. The Bertz CT molecular complexity index is 798. The van der Waals surface area contributed by atoms with Gasteiger partial charge in [0, 0.05) is 22.2 Å². The summed E-state index contributed by atoms with van der Waals surface area (Å²) in [6.45, 7) is 0.689. The fourth-order valence-electron chi connectivity index (χ4n) is 3.82. The molecule has 2 aromatic rings. The zero-order valence-electron chi connectivity index (χ0n) is 15.1. The van der Waals surface area contributed by atoms with Crippen LogP contribution in [0.5, 0.6) is 0 Å². The van der Waals surface area contributed by atoms with E-state index >= 15 is 0 Å². The standard InChI is InChI=1S/C19H24ClN5OS/c20-14-6-4-5-13(9-14)10-25-11-15(23-24-25)7-2-1-3-8-17-18-16(12-27-17)21-19(26)22-18/h4-6,9,11,16-18H,1-3,7-8,10,12H2,(H2,21,22,26)/t16-,17-,18-/m0/s1. The summed E-state index contributed by atoms with van der Waals surface area (Å²) in [6.07, 6.45) is 7.63. The number of rotatable bonds is 8. The zero-order chi connectivity index (χ0) is 18.6. The number of carbonyl (C=O) groups excluding carboxylic acids is 1. The lowest BCUT2D eigenvalue weighted by Gasteiger charge is -2.16. The number of nitrogens with zero attached hydrogens (tertiary/aromatic N) is 3. The van der Waals surface area contributed by atoms with E-state index in [0.29, 0.717) is 23.9 Å². The molecule has 2 N–H and O–H groups in total. The topological polar surface area (TPSA) is 71.8 Å². The van der Waals surface area contributed by atoms with E-state index in [1.54, 1.807) is 0 Å². The molecule has 1 aromatic heterocycles. The zero-order valence-corrected chi connectivity index (χ0v) is 16.7. The number of thioether (sulfide) groups is 1. The van der Waals surface area contributed by atoms with Crippen LogP contribution in [-0.4, -0.2) is 44.1 Å². The van der Waals surface area contributed by atoms with Crippen LogP contribution in [0.25, 0.3) is 0 Å². The van der Waals surface area contributed by atoms with Crippen molar-refractivity contribution >= 4 is 29.4 Å². The fourth-order valence-corrected chi connectivity index (χ4v) is 5.58. The van der Waals surface area contributed by atoms with E-state index in [1.807, 2.05) is 46.9 Å². The molecule has 144 valence electrons. The van der Waals surface area contributed by atoms with Crippen LogP contribution in [0.3, 0.4) is 0 Å². The highest BCUT2D eigenvalue weighted by Crippen LogP contribution is 2.33. The van der Waals surface area contributed by atoms with Crippen molar-refractivity contribution in [1.82, 2.24) is 25.6 Å². The first-order valence-corrected chi connectivity index (χ1v) is 10.9. The van der Waals surface area contributed by atoms with Crippen LogP contribution in [0.1, 0.15) is 36.9 Å². The van der Waals surface area contributed by atoms with E-state index in [9.17, 15) is 4.79 Å². The van der Waals surface area contributed by atoms with Gasteiger partial charge >= 0.3 is 6.03 Å². The molecular weight excluding hydrogens is 382 g/mol. The van der Waals surface area contributed by atoms with Gasteiger partial charge in [-0.3, -0.25) is 0 Å². The number of amides is 2. The predicted molar refractivity (Wildman–Crippen MR) is 108 cm³/mol. The van der Waals surface area contributed by atoms with E-state index in [1.165, 1.54) is 12.8 Å². The molecule has 1 aromatic carbocycles. The van der Waals surface area contributed by atoms with Gasteiger partial charge in [0.25, 0.3) is 0 Å². The lowest BCUT2D eigenvalue weighted by atomic mass is 10.0. The van der Waals surface area contributed by atoms with E-state index in [4.69, 9.17) is 11.6 Å². The molecule has 0 bridgehead atoms. The second-order valence-corrected chi connectivity index (χ2v) is 8.97. The predicted octanol–water partition coefficient (Wildman–Crippen LogP) is 3.25. The van der Waals surface area contributed by atoms with Crippen molar-refractivity contribution in [2.24, 2.45) is 0 Å². The lowest BCUT2D eigenvalue weighted by molar-refractivity contribution is 0.247. The Hall–Kier alpha value is -1.73. The molecule has 2 aliphatic rings. The number of urea groups is 1. The maximum atomic E-state index is 11.4. The Morgan fingerprint density at radius 2 is 2.19 bits per heavy atom. The summed E-state index contributed by atoms with van der Waals surface area (Å²) < 4.78 is 1.87. The summed E-state index contributed by atoms with van der Waals surface area (Å²) in [6, 6.07) is 8.46. The monoisotopic (exact) mass is 405 g/mol. The van der Waals surface area contributed by atoms with Crippen molar-refractivity contribution in [2.45, 2.75) is 56.0 Å². The van der Waals surface area contributed by atoms with Gasteiger partial charge in [0.15, 0.2) is 0 Å². The molecule has 3 heterocycles. The third-order valence-electron chi connectivity index (χ3n) is 5.18. The fraction of sp³-hybridized carbons (Fsp3) is 0.526. The SMILES string of the molecule is O=C1N[C@H]2[C@H](CS[C@H]2CCCCCc2cn(Cc3cccc(Cl)c3)nn2)N1. The van der Waals surface area contributed by atoms with Gasteiger partial charge < -0.3 is 10.6 Å². The molecule has 3 atom stereocenters. The van der Waals surface area contributed by atoms with Crippen LogP contribution in [0.15, 0.2) is 30.5 Å². The van der Waals surface area contributed by atoms with Gasteiger partial charge in [0.1, 0.15) is 0 Å². The second-order valence-electron chi connectivity index (χ2n) is 7.26. The van der Waals surface area contributed by atoms with Gasteiger partial charge in [-0.25, -0.2) is 9.48 Å². The number of carbonyl (C=O) groups is 1. The maximum Gasteiger partial charge on any atom is 0.315 e. The molecule has 0 aliphatic carbocycles. The van der Waals surface area contributed by atoms with Crippen LogP contribution in [-0.2, 0) is 13.0 Å². The molecule has 0 saturated carbocycles. The highest BCUT2D eigenvalue weighted by atomic mass is 35.5. The number of hydrogen-bond donors (Lipinski definition) is 2. The molecule has 2 amide bonds. The molecule has 0 spiro atoms. The molecule has 4 rings (SSSR count). The third-order valence-corrected chi connectivity index (χ3v) is 6.92. The Balaban J connectivity index is 1.16. The Morgan fingerprint density at radius 1 is 1.26 bits per heavy atom. The lowest BCUT2D eigenvalue weighted by Crippen LogP contribution is -2.36. The minimum atomic E-state index is -0.00356. The van der Waals surface area contributed by atoms with Gasteiger partial charge in [-0.15, -0.1) is 5.10 Å². The van der Waals surface area contributed by atoms with Crippen molar-refractivity contribution in [2.75, 3.05) is 5.75 Å². The number of hydrogen-bond acceptors (Lipinski definition) is 4. The second kappa shape index (κ2) is 8.52. The van der Waals surface area contributed by atoms with Gasteiger partial charge in [0.05, 0.1) is 24.3 Å². The number of benzene rings is 1. The quantitative estimate of drug-likeness (QED) is 0.522. The summed E-state index contributed by atoms with van der Waals surface area (Å²) in [5, 5.41) is 15.8. The van der Waals surface area contributed by atoms with Crippen LogP contribution >= 0.6 is 23.4 Å². The summed E-state index contributed by atoms with van der Waals surface area (Å²) in [5.41, 5.74) is 2.17. The number of nitrogens with one attached hydrogen (secondary N) is 2. The highest BCUT2D eigenvalue weighted by molar-refractivity contribution is 8.00. The molecule has 8 heteroatoms. The summed E-state index contributed by atoms with van der Waals surface area (Å²) in [7, 11) is 0. The Labute approximate surface area is 168 Å². The molecule has 6 nitrogen and oxygen atoms in total. The summed E-state index contributed by atoms with van der Waals surface area (Å²) in [4.78, 5) is 11.4. The number of fused-ring (bicyclic) bond motifs is 1. The molecule has 2 aliphatic heterocycles. The van der Waals surface area contributed by atoms with E-state index in [2.05, 4.69) is 20.9 Å². The molecule has 0 radical (unpaired) electrons. The number of aromatic nitrogens is 3. The van der Waals surface area contributed by atoms with Crippen LogP contribution in [0.4, 0.5) is 4.79 Å². The molecule has 2 saturated heterocycles. The minimum Gasteiger partial charge on any atom is -0.332 e. The summed E-state index contributed by atoms with van der Waals surface area (Å²) >= 11 is 8.01. The van der Waals surface area contributed by atoms with Crippen molar-refractivity contribution in [3.8, 4) is 0 Å². The first-order chi connectivity index (χ1) is 13.2. The van der Waals surface area contributed by atoms with E-state index in [0.717, 1.165) is 41.3 Å². The van der Waals surface area contributed by atoms with Crippen LogP contribution < -0.4 is 10.6 Å². The van der Waals surface area contributed by atoms with Gasteiger partial charge in [-0.1, -0.05) is 41.8 Å². The van der Waals surface area contributed by atoms with Gasteiger partial charge in [-0.2, -0.15) is 11.8 Å². The Morgan fingerprint density at radius 3 is 3.07 bits per heavy atom. The molecule has 2 fully saturated rings. The van der Waals surface area contributed by atoms with Crippen molar-refractivity contribution < 1.29 is 4.79 Å². The van der Waals surface area contributed by atoms with E-state index in [-0.39, 0.29) is 6.03 Å². The normalized spacial score (nSPS) is 23.9. The van der Waals surface area contributed by atoms with Crippen LogP contribution in [0.2, 0.25) is 5.02 Å². The number of halogens is 1. The molecular formula is C19H24ClN5OS. The number of unbranched alkanes of at least 4 members (excludes halogenated alkanes) is 2. The van der Waals surface area contributed by atoms with Gasteiger partial charge in [0.2, 0.25) is 0 Å². The van der Waals surface area contributed by atoms with Crippen LogP contribution in [0, 0.1) is 0 Å². The highest BCUT2D eigenvalue weighted by Gasteiger charge is 2.42. The van der Waals surface area contributed by atoms with E-state index < -0.39 is 0 Å². The first-order valence-electron chi connectivity index (χ1n) is 9.49. The summed E-state index contributed by atoms with van der Waals surface area (Å²) in [5.74, 6) is 1.03. The largest absolute Gasteiger partial charge is 0.332 e. The number of aryl methyl sites for hydroxylation is 1. The van der Waals surface area contributed by atoms with Crippen molar-refractivity contribution in [3.63, 3.8) is 0 Å². The average Bonchev–Trinajstić information content (AvgIpc) is 3.32. The average molecular weight is 406 g/mol.